The van der Waals surface area contributed by atoms with Crippen LogP contribution in [0.4, 0.5) is 11.8 Å². The second-order valence-electron chi connectivity index (χ2n) is 4.75. The minimum Gasteiger partial charge on any atom is -0.369 e. The molecule has 0 atom stereocenters. The van der Waals surface area contributed by atoms with E-state index >= 15 is 0 Å². The zero-order valence-electron chi connectivity index (χ0n) is 10.4. The maximum Gasteiger partial charge on any atom is 0.221 e. The molecule has 2 rings (SSSR count). The van der Waals surface area contributed by atoms with Crippen LogP contribution in [0.1, 0.15) is 19.8 Å². The molecule has 0 bridgehead atoms. The number of nitrogen functional groups attached to an aromatic ring is 1. The lowest BCUT2D eigenvalue weighted by atomic mass is 9.99. The van der Waals surface area contributed by atoms with Crippen LogP contribution in [0.3, 0.4) is 0 Å². The Hall–Kier alpha value is -1.36. The Morgan fingerprint density at radius 2 is 2.24 bits per heavy atom. The van der Waals surface area contributed by atoms with Crippen LogP contribution in [-0.4, -0.2) is 41.0 Å². The summed E-state index contributed by atoms with van der Waals surface area (Å²) >= 11 is 0. The topological polar surface area (TPSA) is 67.1 Å². The van der Waals surface area contributed by atoms with Gasteiger partial charge >= 0.3 is 0 Å². The first-order valence-corrected chi connectivity index (χ1v) is 6.29. The number of anilines is 2. The minimum absolute atomic E-state index is 0.321. The molecule has 0 aliphatic carbocycles. The van der Waals surface area contributed by atoms with Gasteiger partial charge in [-0.3, -0.25) is 0 Å². The normalized spacial score (nSPS) is 18.2. The summed E-state index contributed by atoms with van der Waals surface area (Å²) in [5, 5.41) is 3.27. The molecule has 5 nitrogen and oxygen atoms in total. The van der Waals surface area contributed by atoms with Gasteiger partial charge in [-0.25, -0.2) is 4.98 Å². The summed E-state index contributed by atoms with van der Waals surface area (Å²) in [5.74, 6) is 2.02. The summed E-state index contributed by atoms with van der Waals surface area (Å²) in [6.45, 7) is 6.74. The van der Waals surface area contributed by atoms with Gasteiger partial charge in [0.1, 0.15) is 5.82 Å². The molecule has 17 heavy (non-hydrogen) atoms. The number of rotatable bonds is 4. The second-order valence-corrected chi connectivity index (χ2v) is 4.75. The van der Waals surface area contributed by atoms with Crippen molar-refractivity contribution in [3.05, 3.63) is 12.3 Å². The van der Waals surface area contributed by atoms with Gasteiger partial charge in [0.2, 0.25) is 5.95 Å². The highest BCUT2D eigenvalue weighted by Crippen LogP contribution is 2.15. The van der Waals surface area contributed by atoms with Crippen LogP contribution >= 0.6 is 0 Å². The molecule has 0 spiro atoms. The van der Waals surface area contributed by atoms with Gasteiger partial charge in [0, 0.05) is 19.3 Å². The van der Waals surface area contributed by atoms with Gasteiger partial charge in [-0.2, -0.15) is 4.98 Å². The van der Waals surface area contributed by atoms with E-state index in [0.717, 1.165) is 24.8 Å². The Balaban J connectivity index is 1.69. The molecule has 0 radical (unpaired) electrons. The average Bonchev–Trinajstić information content (AvgIpc) is 2.32. The second kappa shape index (κ2) is 5.82. The standard InChI is InChI=1S/C12H21N5/c1-10-3-7-17(8-4-10)9-6-14-11-2-5-15-12(13)16-11/h2,5,10H,3-4,6-9H2,1H3,(H3,13,14,15,16). The molecule has 0 unspecified atom stereocenters. The molecule has 94 valence electrons. The Morgan fingerprint density at radius 3 is 2.94 bits per heavy atom. The number of nitrogens with two attached hydrogens (primary N) is 1. The molecule has 1 fully saturated rings. The molecule has 1 aliphatic rings. The smallest absolute Gasteiger partial charge is 0.221 e. The molecule has 5 heteroatoms. The number of piperidine rings is 1. The molecule has 1 saturated heterocycles. The average molecular weight is 235 g/mol. The van der Waals surface area contributed by atoms with Crippen LogP contribution in [0.15, 0.2) is 12.3 Å². The Kier molecular flexibility index (Phi) is 4.14. The van der Waals surface area contributed by atoms with E-state index in [1.165, 1.54) is 25.9 Å². The fourth-order valence-electron chi connectivity index (χ4n) is 2.10. The van der Waals surface area contributed by atoms with Gasteiger partial charge in [-0.05, 0) is 37.9 Å². The highest BCUT2D eigenvalue weighted by atomic mass is 15.2. The van der Waals surface area contributed by atoms with Crippen molar-refractivity contribution < 1.29 is 0 Å². The van der Waals surface area contributed by atoms with E-state index in [1.807, 2.05) is 6.07 Å². The van der Waals surface area contributed by atoms with Crippen molar-refractivity contribution in [3.63, 3.8) is 0 Å². The number of nitrogens with one attached hydrogen (secondary N) is 1. The Morgan fingerprint density at radius 1 is 1.47 bits per heavy atom. The van der Waals surface area contributed by atoms with Crippen LogP contribution in [0, 0.1) is 5.92 Å². The molecule has 0 amide bonds. The summed E-state index contributed by atoms with van der Waals surface area (Å²) in [6, 6.07) is 1.84. The van der Waals surface area contributed by atoms with E-state index in [0.29, 0.717) is 5.95 Å². The van der Waals surface area contributed by atoms with E-state index in [1.54, 1.807) is 6.20 Å². The molecule has 1 aliphatic heterocycles. The molecule has 3 N–H and O–H groups in total. The number of aromatic nitrogens is 2. The third-order valence-electron chi connectivity index (χ3n) is 3.28. The number of likely N-dealkylation sites (tertiary alicyclic amines) is 1. The van der Waals surface area contributed by atoms with Crippen molar-refractivity contribution in [1.29, 1.82) is 0 Å². The molecule has 0 aromatic carbocycles. The van der Waals surface area contributed by atoms with Gasteiger partial charge in [0.05, 0.1) is 0 Å². The van der Waals surface area contributed by atoms with Crippen molar-refractivity contribution in [2.45, 2.75) is 19.8 Å². The monoisotopic (exact) mass is 235 g/mol. The van der Waals surface area contributed by atoms with Crippen molar-refractivity contribution in [3.8, 4) is 0 Å². The highest BCUT2D eigenvalue weighted by Gasteiger charge is 2.14. The van der Waals surface area contributed by atoms with Crippen molar-refractivity contribution in [2.75, 3.05) is 37.2 Å². The maximum atomic E-state index is 5.52. The molecule has 1 aromatic rings. The van der Waals surface area contributed by atoms with Crippen LogP contribution in [0.2, 0.25) is 0 Å². The van der Waals surface area contributed by atoms with Gasteiger partial charge in [0.15, 0.2) is 0 Å². The van der Waals surface area contributed by atoms with Crippen molar-refractivity contribution >= 4 is 11.8 Å². The van der Waals surface area contributed by atoms with Crippen molar-refractivity contribution in [1.82, 2.24) is 14.9 Å². The fourth-order valence-corrected chi connectivity index (χ4v) is 2.10. The summed E-state index contributed by atoms with van der Waals surface area (Å²) < 4.78 is 0. The molecule has 0 saturated carbocycles. The zero-order chi connectivity index (χ0) is 12.1. The van der Waals surface area contributed by atoms with Crippen LogP contribution in [0.25, 0.3) is 0 Å². The summed E-state index contributed by atoms with van der Waals surface area (Å²) in [6.07, 6.45) is 4.31. The van der Waals surface area contributed by atoms with Crippen LogP contribution < -0.4 is 11.1 Å². The summed E-state index contributed by atoms with van der Waals surface area (Å²) in [7, 11) is 0. The van der Waals surface area contributed by atoms with Gasteiger partial charge in [-0.1, -0.05) is 6.92 Å². The van der Waals surface area contributed by atoms with E-state index in [4.69, 9.17) is 5.73 Å². The van der Waals surface area contributed by atoms with E-state index in [9.17, 15) is 0 Å². The van der Waals surface area contributed by atoms with Crippen molar-refractivity contribution in [2.24, 2.45) is 5.92 Å². The van der Waals surface area contributed by atoms with Gasteiger partial charge in [-0.15, -0.1) is 0 Å². The number of hydrogen-bond donors (Lipinski definition) is 2. The first-order valence-electron chi connectivity index (χ1n) is 6.29. The first kappa shape index (κ1) is 12.1. The lowest BCUT2D eigenvalue weighted by Crippen LogP contribution is -2.36. The molecular weight excluding hydrogens is 214 g/mol. The number of hydrogen-bond acceptors (Lipinski definition) is 5. The largest absolute Gasteiger partial charge is 0.369 e. The molecule has 1 aromatic heterocycles. The Labute approximate surface area is 102 Å². The number of nitrogens with zero attached hydrogens (tertiary/aromatic N) is 3. The summed E-state index contributed by atoms with van der Waals surface area (Å²) in [4.78, 5) is 10.5. The van der Waals surface area contributed by atoms with E-state index in [2.05, 4.69) is 27.1 Å². The van der Waals surface area contributed by atoms with E-state index < -0.39 is 0 Å². The SMILES string of the molecule is CC1CCN(CCNc2ccnc(N)n2)CC1. The molecule has 2 heterocycles. The predicted molar refractivity (Wildman–Crippen MR) is 69.8 cm³/mol. The van der Waals surface area contributed by atoms with E-state index in [-0.39, 0.29) is 0 Å². The lowest BCUT2D eigenvalue weighted by molar-refractivity contribution is 0.199. The zero-order valence-corrected chi connectivity index (χ0v) is 10.4. The van der Waals surface area contributed by atoms with Gasteiger partial charge in [0.25, 0.3) is 0 Å². The molecular formula is C12H21N5. The minimum atomic E-state index is 0.321. The predicted octanol–water partition coefficient (Wildman–Crippen LogP) is 1.20. The maximum absolute atomic E-state index is 5.52. The fraction of sp³-hybridized carbons (Fsp3) is 0.667. The first-order chi connectivity index (χ1) is 8.24. The van der Waals surface area contributed by atoms with Crippen LogP contribution in [-0.2, 0) is 0 Å². The Bertz CT molecular complexity index is 347. The summed E-state index contributed by atoms with van der Waals surface area (Å²) in [5.41, 5.74) is 5.52. The highest BCUT2D eigenvalue weighted by molar-refractivity contribution is 5.37. The quantitative estimate of drug-likeness (QED) is 0.821. The third-order valence-corrected chi connectivity index (χ3v) is 3.28. The van der Waals surface area contributed by atoms with Gasteiger partial charge < -0.3 is 16.0 Å². The van der Waals surface area contributed by atoms with Crippen LogP contribution in [0.5, 0.6) is 0 Å². The third kappa shape index (κ3) is 3.85. The lowest BCUT2D eigenvalue weighted by Gasteiger charge is -2.30.